The summed E-state index contributed by atoms with van der Waals surface area (Å²) in [5.41, 5.74) is 1.01. The molecule has 0 amide bonds. The standard InChI is InChI=1S/C8H5FIN/c9-8-3-6(5-11)1-2-7(8)4-10/h1-3H,4H2. The van der Waals surface area contributed by atoms with Crippen molar-refractivity contribution in [3.63, 3.8) is 0 Å². The van der Waals surface area contributed by atoms with Gasteiger partial charge < -0.3 is 0 Å². The second kappa shape index (κ2) is 3.67. The van der Waals surface area contributed by atoms with Gasteiger partial charge in [0.2, 0.25) is 0 Å². The zero-order chi connectivity index (χ0) is 8.27. The molecule has 0 N–H and O–H groups in total. The number of hydrogen-bond donors (Lipinski definition) is 0. The van der Waals surface area contributed by atoms with Crippen LogP contribution >= 0.6 is 22.6 Å². The molecule has 3 heteroatoms. The third-order valence-electron chi connectivity index (χ3n) is 1.33. The Hall–Kier alpha value is -0.630. The fourth-order valence-corrected chi connectivity index (χ4v) is 1.34. The van der Waals surface area contributed by atoms with Crippen LogP contribution in [0.15, 0.2) is 18.2 Å². The highest BCUT2D eigenvalue weighted by molar-refractivity contribution is 14.1. The molecular weight excluding hydrogens is 256 g/mol. The van der Waals surface area contributed by atoms with Crippen LogP contribution in [-0.4, -0.2) is 0 Å². The minimum atomic E-state index is -0.293. The van der Waals surface area contributed by atoms with Crippen LogP contribution in [0.2, 0.25) is 0 Å². The van der Waals surface area contributed by atoms with Gasteiger partial charge in [0, 0.05) is 4.43 Å². The van der Waals surface area contributed by atoms with Crippen molar-refractivity contribution in [1.82, 2.24) is 0 Å². The van der Waals surface area contributed by atoms with E-state index in [0.717, 1.165) is 0 Å². The molecule has 1 rings (SSSR count). The fraction of sp³-hybridized carbons (Fsp3) is 0.125. The Kier molecular flexibility index (Phi) is 2.83. The van der Waals surface area contributed by atoms with Crippen molar-refractivity contribution in [2.75, 3.05) is 0 Å². The Balaban J connectivity index is 3.12. The summed E-state index contributed by atoms with van der Waals surface area (Å²) < 4.78 is 13.5. The van der Waals surface area contributed by atoms with Crippen molar-refractivity contribution >= 4 is 22.6 Å². The lowest BCUT2D eigenvalue weighted by Crippen LogP contribution is -1.86. The number of nitriles is 1. The van der Waals surface area contributed by atoms with E-state index in [-0.39, 0.29) is 5.82 Å². The van der Waals surface area contributed by atoms with Crippen LogP contribution in [0.5, 0.6) is 0 Å². The van der Waals surface area contributed by atoms with Crippen LogP contribution < -0.4 is 0 Å². The van der Waals surface area contributed by atoms with Crippen LogP contribution in [0.1, 0.15) is 11.1 Å². The quantitative estimate of drug-likeness (QED) is 0.563. The van der Waals surface area contributed by atoms with Crippen molar-refractivity contribution in [3.05, 3.63) is 35.1 Å². The second-order valence-electron chi connectivity index (χ2n) is 2.05. The molecule has 11 heavy (non-hydrogen) atoms. The minimum absolute atomic E-state index is 0.293. The number of alkyl halides is 1. The first-order chi connectivity index (χ1) is 5.27. The average molecular weight is 261 g/mol. The van der Waals surface area contributed by atoms with Gasteiger partial charge in [0.15, 0.2) is 0 Å². The first-order valence-corrected chi connectivity index (χ1v) is 4.55. The van der Waals surface area contributed by atoms with Gasteiger partial charge in [-0.25, -0.2) is 4.39 Å². The van der Waals surface area contributed by atoms with Crippen molar-refractivity contribution in [3.8, 4) is 6.07 Å². The van der Waals surface area contributed by atoms with Crippen molar-refractivity contribution in [1.29, 1.82) is 5.26 Å². The van der Waals surface area contributed by atoms with Crippen LogP contribution in [0.4, 0.5) is 4.39 Å². The summed E-state index contributed by atoms with van der Waals surface area (Å²) in [4.78, 5) is 0. The highest BCUT2D eigenvalue weighted by atomic mass is 127. The first kappa shape index (κ1) is 8.47. The van der Waals surface area contributed by atoms with Crippen LogP contribution in [0, 0.1) is 17.1 Å². The monoisotopic (exact) mass is 261 g/mol. The molecule has 0 heterocycles. The zero-order valence-corrected chi connectivity index (χ0v) is 7.80. The maximum atomic E-state index is 12.9. The summed E-state index contributed by atoms with van der Waals surface area (Å²) in [6.07, 6.45) is 0. The highest BCUT2D eigenvalue weighted by Gasteiger charge is 2.00. The molecule has 0 aliphatic rings. The van der Waals surface area contributed by atoms with Crippen molar-refractivity contribution in [2.45, 2.75) is 4.43 Å². The predicted octanol–water partition coefficient (Wildman–Crippen LogP) is 2.63. The fourth-order valence-electron chi connectivity index (χ4n) is 0.725. The van der Waals surface area contributed by atoms with E-state index < -0.39 is 0 Å². The average Bonchev–Trinajstić information content (AvgIpc) is 2.04. The maximum absolute atomic E-state index is 12.9. The topological polar surface area (TPSA) is 23.8 Å². The Bertz CT molecular complexity index is 303. The molecule has 0 aromatic heterocycles. The third kappa shape index (κ3) is 1.90. The van der Waals surface area contributed by atoms with E-state index in [4.69, 9.17) is 5.26 Å². The third-order valence-corrected chi connectivity index (χ3v) is 2.15. The molecule has 1 nitrogen and oxygen atoms in total. The first-order valence-electron chi connectivity index (χ1n) is 3.02. The Labute approximate surface area is 78.0 Å². The summed E-state index contributed by atoms with van der Waals surface area (Å²) in [7, 11) is 0. The van der Waals surface area contributed by atoms with Crippen LogP contribution in [0.3, 0.4) is 0 Å². The zero-order valence-electron chi connectivity index (χ0n) is 5.64. The van der Waals surface area contributed by atoms with E-state index in [9.17, 15) is 4.39 Å². The summed E-state index contributed by atoms with van der Waals surface area (Å²) in [5, 5.41) is 8.41. The van der Waals surface area contributed by atoms with E-state index in [2.05, 4.69) is 22.6 Å². The van der Waals surface area contributed by atoms with Crippen molar-refractivity contribution in [2.24, 2.45) is 0 Å². The van der Waals surface area contributed by atoms with Gasteiger partial charge >= 0.3 is 0 Å². The Morgan fingerprint density at radius 1 is 1.55 bits per heavy atom. The smallest absolute Gasteiger partial charge is 0.128 e. The van der Waals surface area contributed by atoms with Gasteiger partial charge in [0.25, 0.3) is 0 Å². The van der Waals surface area contributed by atoms with Gasteiger partial charge in [-0.3, -0.25) is 0 Å². The van der Waals surface area contributed by atoms with Gasteiger partial charge in [-0.2, -0.15) is 5.26 Å². The Morgan fingerprint density at radius 3 is 2.73 bits per heavy atom. The number of halogens is 2. The summed E-state index contributed by atoms with van der Waals surface area (Å²) in [5.74, 6) is -0.293. The molecule has 1 aromatic rings. The molecule has 0 spiro atoms. The maximum Gasteiger partial charge on any atom is 0.128 e. The molecule has 0 bridgehead atoms. The number of nitrogens with zero attached hydrogens (tertiary/aromatic N) is 1. The normalized spacial score (nSPS) is 9.18. The van der Waals surface area contributed by atoms with Gasteiger partial charge in [0.05, 0.1) is 11.6 Å². The molecule has 0 atom stereocenters. The van der Waals surface area contributed by atoms with E-state index in [0.29, 0.717) is 15.6 Å². The van der Waals surface area contributed by atoms with Crippen LogP contribution in [0.25, 0.3) is 0 Å². The lowest BCUT2D eigenvalue weighted by Gasteiger charge is -1.96. The molecular formula is C8H5FIN. The molecule has 0 unspecified atom stereocenters. The van der Waals surface area contributed by atoms with Crippen molar-refractivity contribution < 1.29 is 4.39 Å². The van der Waals surface area contributed by atoms with Gasteiger partial charge in [-0.05, 0) is 17.7 Å². The molecule has 0 fully saturated rings. The molecule has 56 valence electrons. The SMILES string of the molecule is N#Cc1ccc(CI)c(F)c1. The minimum Gasteiger partial charge on any atom is -0.207 e. The van der Waals surface area contributed by atoms with E-state index in [1.165, 1.54) is 6.07 Å². The van der Waals surface area contributed by atoms with Gasteiger partial charge in [0.1, 0.15) is 5.82 Å². The second-order valence-corrected chi connectivity index (χ2v) is 2.81. The van der Waals surface area contributed by atoms with Gasteiger partial charge in [-0.15, -0.1) is 0 Å². The number of benzene rings is 1. The molecule has 0 aliphatic carbocycles. The number of hydrogen-bond acceptors (Lipinski definition) is 1. The lowest BCUT2D eigenvalue weighted by molar-refractivity contribution is 0.617. The summed E-state index contributed by atoms with van der Waals surface area (Å²) in [6, 6.07) is 6.40. The highest BCUT2D eigenvalue weighted by Crippen LogP contribution is 2.12. The van der Waals surface area contributed by atoms with E-state index in [1.54, 1.807) is 12.1 Å². The molecule has 0 aliphatic heterocycles. The van der Waals surface area contributed by atoms with Crippen LogP contribution in [-0.2, 0) is 4.43 Å². The molecule has 0 saturated heterocycles. The number of rotatable bonds is 1. The van der Waals surface area contributed by atoms with E-state index in [1.807, 2.05) is 6.07 Å². The summed E-state index contributed by atoms with van der Waals surface area (Å²) in [6.45, 7) is 0. The lowest BCUT2D eigenvalue weighted by atomic mass is 10.1. The van der Waals surface area contributed by atoms with Gasteiger partial charge in [-0.1, -0.05) is 28.7 Å². The Morgan fingerprint density at radius 2 is 2.27 bits per heavy atom. The largest absolute Gasteiger partial charge is 0.207 e. The van der Waals surface area contributed by atoms with E-state index >= 15 is 0 Å². The molecule has 0 saturated carbocycles. The predicted molar refractivity (Wildman–Crippen MR) is 48.8 cm³/mol. The summed E-state index contributed by atoms with van der Waals surface area (Å²) >= 11 is 2.08. The molecule has 1 aromatic carbocycles. The molecule has 0 radical (unpaired) electrons.